The SMILES string of the molecule is O=S(=O)(NF)c1ccc(C2=CC(=S)C(c3ccc(F)c(F)c3)C=C2)cc1. The van der Waals surface area contributed by atoms with Gasteiger partial charge < -0.3 is 0 Å². The summed E-state index contributed by atoms with van der Waals surface area (Å²) in [5.74, 6) is -2.22. The zero-order chi connectivity index (χ0) is 18.9. The lowest BCUT2D eigenvalue weighted by atomic mass is 9.88. The molecule has 0 fully saturated rings. The van der Waals surface area contributed by atoms with Crippen LogP contribution in [-0.2, 0) is 10.0 Å². The molecule has 0 saturated heterocycles. The van der Waals surface area contributed by atoms with Crippen molar-refractivity contribution in [3.8, 4) is 0 Å². The summed E-state index contributed by atoms with van der Waals surface area (Å²) in [6, 6.07) is 9.24. The zero-order valence-electron chi connectivity index (χ0n) is 13.1. The highest BCUT2D eigenvalue weighted by Gasteiger charge is 2.19. The molecule has 1 aliphatic rings. The molecule has 0 aromatic heterocycles. The number of thiocarbonyl (C=S) groups is 1. The van der Waals surface area contributed by atoms with Crippen molar-refractivity contribution in [2.24, 2.45) is 0 Å². The number of halogens is 3. The highest BCUT2D eigenvalue weighted by atomic mass is 32.2. The van der Waals surface area contributed by atoms with Crippen LogP contribution in [0.5, 0.6) is 0 Å². The summed E-state index contributed by atoms with van der Waals surface area (Å²) >= 11 is 5.37. The molecule has 3 nitrogen and oxygen atoms in total. The van der Waals surface area contributed by atoms with Gasteiger partial charge in [0, 0.05) is 10.8 Å². The van der Waals surface area contributed by atoms with E-state index in [1.54, 1.807) is 18.2 Å². The molecule has 2 aromatic carbocycles. The van der Waals surface area contributed by atoms with E-state index in [4.69, 9.17) is 12.2 Å². The Morgan fingerprint density at radius 3 is 2.27 bits per heavy atom. The van der Waals surface area contributed by atoms with E-state index in [0.29, 0.717) is 16.0 Å². The van der Waals surface area contributed by atoms with Gasteiger partial charge in [-0.3, -0.25) is 0 Å². The molecule has 3 rings (SSSR count). The van der Waals surface area contributed by atoms with Crippen LogP contribution in [-0.4, -0.2) is 13.3 Å². The van der Waals surface area contributed by atoms with Gasteiger partial charge in [-0.25, -0.2) is 17.2 Å². The molecule has 1 N–H and O–H groups in total. The molecule has 2 aromatic rings. The normalized spacial score (nSPS) is 17.3. The Balaban J connectivity index is 1.85. The van der Waals surface area contributed by atoms with Gasteiger partial charge in [-0.1, -0.05) is 42.6 Å². The Hall–Kier alpha value is -2.29. The van der Waals surface area contributed by atoms with Crippen molar-refractivity contribution in [3.63, 3.8) is 0 Å². The summed E-state index contributed by atoms with van der Waals surface area (Å²) in [6.07, 6.45) is 5.23. The molecule has 26 heavy (non-hydrogen) atoms. The summed E-state index contributed by atoms with van der Waals surface area (Å²) in [6.45, 7) is 0. The fraction of sp³-hybridized carbons (Fsp3) is 0.0556. The molecular formula is C18H12F3NO2S2. The average Bonchev–Trinajstić information content (AvgIpc) is 2.64. The number of benzene rings is 2. The number of rotatable bonds is 4. The molecule has 134 valence electrons. The summed E-state index contributed by atoms with van der Waals surface area (Å²) in [5, 5.41) is 0. The highest BCUT2D eigenvalue weighted by molar-refractivity contribution is 7.89. The Bertz CT molecular complexity index is 1030. The van der Waals surface area contributed by atoms with Crippen LogP contribution >= 0.6 is 12.2 Å². The lowest BCUT2D eigenvalue weighted by molar-refractivity contribution is 0.425. The number of nitrogens with one attached hydrogen (secondary N) is 1. The third kappa shape index (κ3) is 3.62. The topological polar surface area (TPSA) is 46.2 Å². The van der Waals surface area contributed by atoms with Crippen LogP contribution in [0.2, 0.25) is 0 Å². The van der Waals surface area contributed by atoms with Crippen molar-refractivity contribution in [1.82, 2.24) is 4.94 Å². The molecule has 1 aliphatic carbocycles. The van der Waals surface area contributed by atoms with E-state index >= 15 is 0 Å². The van der Waals surface area contributed by atoms with Gasteiger partial charge in [0.05, 0.1) is 4.90 Å². The second kappa shape index (κ2) is 7.14. The van der Waals surface area contributed by atoms with E-state index < -0.39 is 21.7 Å². The molecule has 1 atom stereocenters. The zero-order valence-corrected chi connectivity index (χ0v) is 14.8. The Kier molecular flexibility index (Phi) is 5.08. The summed E-state index contributed by atoms with van der Waals surface area (Å²) < 4.78 is 61.6. The van der Waals surface area contributed by atoms with E-state index in [9.17, 15) is 21.7 Å². The predicted molar refractivity (Wildman–Crippen MR) is 96.7 cm³/mol. The smallest absolute Gasteiger partial charge is 0.205 e. The number of allylic oxidation sites excluding steroid dienone is 4. The predicted octanol–water partition coefficient (Wildman–Crippen LogP) is 4.23. The highest BCUT2D eigenvalue weighted by Crippen LogP contribution is 2.30. The van der Waals surface area contributed by atoms with Crippen LogP contribution in [0.25, 0.3) is 5.57 Å². The Morgan fingerprint density at radius 2 is 1.69 bits per heavy atom. The molecule has 0 heterocycles. The van der Waals surface area contributed by atoms with Crippen molar-refractivity contribution in [2.75, 3.05) is 0 Å². The number of sulfonamides is 1. The molecule has 0 amide bonds. The first-order valence-corrected chi connectivity index (χ1v) is 9.32. The fourth-order valence-corrected chi connectivity index (χ4v) is 3.54. The number of hydrogen-bond donors (Lipinski definition) is 1. The molecule has 0 aliphatic heterocycles. The lowest BCUT2D eigenvalue weighted by Gasteiger charge is -2.18. The summed E-state index contributed by atoms with van der Waals surface area (Å²) in [4.78, 5) is 1.07. The fourth-order valence-electron chi connectivity index (χ4n) is 2.62. The molecule has 0 bridgehead atoms. The Morgan fingerprint density at radius 1 is 1.00 bits per heavy atom. The van der Waals surface area contributed by atoms with Crippen LogP contribution < -0.4 is 4.94 Å². The minimum Gasteiger partial charge on any atom is -0.205 e. The summed E-state index contributed by atoms with van der Waals surface area (Å²) in [5.41, 5.74) is 1.95. The molecule has 8 heteroatoms. The van der Waals surface area contributed by atoms with E-state index in [0.717, 1.165) is 22.7 Å². The van der Waals surface area contributed by atoms with E-state index in [2.05, 4.69) is 0 Å². The van der Waals surface area contributed by atoms with Crippen LogP contribution in [0.4, 0.5) is 13.3 Å². The van der Waals surface area contributed by atoms with Crippen molar-refractivity contribution < 1.29 is 21.7 Å². The van der Waals surface area contributed by atoms with Gasteiger partial charge in [-0.05, 0) is 52.0 Å². The van der Waals surface area contributed by atoms with Crippen molar-refractivity contribution in [3.05, 3.63) is 83.5 Å². The van der Waals surface area contributed by atoms with Gasteiger partial charge in [0.1, 0.15) is 0 Å². The largest absolute Gasteiger partial charge is 0.266 e. The maximum Gasteiger partial charge on any atom is 0.266 e. The van der Waals surface area contributed by atoms with Crippen LogP contribution in [0, 0.1) is 11.6 Å². The van der Waals surface area contributed by atoms with Crippen LogP contribution in [0.1, 0.15) is 17.0 Å². The lowest BCUT2D eigenvalue weighted by Crippen LogP contribution is -2.14. The molecule has 0 saturated carbocycles. The quantitative estimate of drug-likeness (QED) is 0.622. The van der Waals surface area contributed by atoms with Gasteiger partial charge in [0.25, 0.3) is 10.0 Å². The van der Waals surface area contributed by atoms with Crippen LogP contribution in [0.3, 0.4) is 0 Å². The van der Waals surface area contributed by atoms with Gasteiger partial charge in [-0.2, -0.15) is 0 Å². The van der Waals surface area contributed by atoms with Gasteiger partial charge >= 0.3 is 0 Å². The standard InChI is InChI=1S/C18H12F3NO2S2/c19-16-8-4-13(9-17(16)20)15-7-3-12(10-18(15)25)11-1-5-14(6-2-11)26(23,24)22-21/h1-10,15,22H. The minimum absolute atomic E-state index is 0.202. The van der Waals surface area contributed by atoms with E-state index in [1.165, 1.54) is 30.3 Å². The van der Waals surface area contributed by atoms with Crippen molar-refractivity contribution in [1.29, 1.82) is 0 Å². The molecule has 0 radical (unpaired) electrons. The molecular weight excluding hydrogens is 383 g/mol. The first-order chi connectivity index (χ1) is 12.3. The monoisotopic (exact) mass is 395 g/mol. The molecule has 0 spiro atoms. The third-order valence-electron chi connectivity index (χ3n) is 3.97. The van der Waals surface area contributed by atoms with Gasteiger partial charge in [-0.15, -0.1) is 4.48 Å². The maximum absolute atomic E-state index is 13.4. The second-order valence-corrected chi connectivity index (χ2v) is 7.72. The van der Waals surface area contributed by atoms with Crippen LogP contribution in [0.15, 0.2) is 65.6 Å². The van der Waals surface area contributed by atoms with Gasteiger partial charge in [0.2, 0.25) is 0 Å². The third-order valence-corrected chi connectivity index (χ3v) is 5.44. The van der Waals surface area contributed by atoms with Crippen molar-refractivity contribution in [2.45, 2.75) is 10.8 Å². The number of hydrogen-bond acceptors (Lipinski definition) is 3. The summed E-state index contributed by atoms with van der Waals surface area (Å²) in [7, 11) is -4.15. The Labute approximate surface area is 153 Å². The van der Waals surface area contributed by atoms with E-state index in [1.807, 2.05) is 0 Å². The average molecular weight is 395 g/mol. The minimum atomic E-state index is -4.15. The van der Waals surface area contributed by atoms with Gasteiger partial charge in [0.15, 0.2) is 11.6 Å². The first-order valence-electron chi connectivity index (χ1n) is 7.43. The molecule has 1 unspecified atom stereocenters. The van der Waals surface area contributed by atoms with Crippen molar-refractivity contribution >= 4 is 32.7 Å². The first kappa shape index (κ1) is 18.5. The van der Waals surface area contributed by atoms with E-state index in [-0.39, 0.29) is 10.8 Å². The second-order valence-electron chi connectivity index (χ2n) is 5.62. The maximum atomic E-state index is 13.4.